The highest BCUT2D eigenvalue weighted by Crippen LogP contribution is 2.20. The van der Waals surface area contributed by atoms with Crippen molar-refractivity contribution in [3.05, 3.63) is 36.0 Å². The molecule has 2 nitrogen and oxygen atoms in total. The van der Waals surface area contributed by atoms with Crippen LogP contribution in [-0.2, 0) is 6.42 Å². The minimum atomic E-state index is 0. The van der Waals surface area contributed by atoms with E-state index in [1.54, 1.807) is 0 Å². The van der Waals surface area contributed by atoms with Crippen LogP contribution in [0.25, 0.3) is 10.9 Å². The van der Waals surface area contributed by atoms with Crippen molar-refractivity contribution in [2.45, 2.75) is 45.6 Å². The normalized spacial score (nSPS) is 12.3. The molecule has 1 unspecified atom stereocenters. The summed E-state index contributed by atoms with van der Waals surface area (Å²) in [4.78, 5) is 3.36. The summed E-state index contributed by atoms with van der Waals surface area (Å²) in [7, 11) is 0. The molecule has 1 atom stereocenters. The maximum absolute atomic E-state index is 3.66. The monoisotopic (exact) mass is 280 g/mol. The van der Waals surface area contributed by atoms with Crippen LogP contribution >= 0.6 is 12.4 Å². The average Bonchev–Trinajstić information content (AvgIpc) is 2.80. The SMILES string of the molecule is CCCNC(CCC)Cc1c[nH]c2ccccc12.Cl. The zero-order valence-electron chi connectivity index (χ0n) is 11.9. The van der Waals surface area contributed by atoms with Crippen molar-refractivity contribution in [2.75, 3.05) is 6.54 Å². The van der Waals surface area contributed by atoms with Crippen molar-refractivity contribution in [2.24, 2.45) is 0 Å². The van der Waals surface area contributed by atoms with Crippen molar-refractivity contribution in [3.63, 3.8) is 0 Å². The first-order valence-electron chi connectivity index (χ1n) is 7.13. The molecule has 1 aromatic carbocycles. The number of aromatic amines is 1. The fourth-order valence-electron chi connectivity index (χ4n) is 2.54. The molecule has 0 aliphatic heterocycles. The van der Waals surface area contributed by atoms with Crippen molar-refractivity contribution in [3.8, 4) is 0 Å². The van der Waals surface area contributed by atoms with Gasteiger partial charge in [-0.15, -0.1) is 12.4 Å². The molecular formula is C16H25ClN2. The number of rotatable bonds is 7. The third-order valence-corrected chi connectivity index (χ3v) is 3.46. The van der Waals surface area contributed by atoms with Crippen molar-refractivity contribution >= 4 is 23.3 Å². The van der Waals surface area contributed by atoms with Gasteiger partial charge in [0, 0.05) is 23.1 Å². The first-order valence-corrected chi connectivity index (χ1v) is 7.13. The maximum Gasteiger partial charge on any atom is 0.0456 e. The molecule has 19 heavy (non-hydrogen) atoms. The van der Waals surface area contributed by atoms with Crippen LogP contribution in [0.3, 0.4) is 0 Å². The van der Waals surface area contributed by atoms with E-state index in [1.807, 2.05) is 0 Å². The summed E-state index contributed by atoms with van der Waals surface area (Å²) in [6.45, 7) is 5.60. The van der Waals surface area contributed by atoms with Gasteiger partial charge in [0.05, 0.1) is 0 Å². The predicted molar refractivity (Wildman–Crippen MR) is 86.2 cm³/mol. The molecule has 2 rings (SSSR count). The van der Waals surface area contributed by atoms with E-state index in [-0.39, 0.29) is 12.4 Å². The summed E-state index contributed by atoms with van der Waals surface area (Å²) < 4.78 is 0. The van der Waals surface area contributed by atoms with E-state index in [0.29, 0.717) is 6.04 Å². The second kappa shape index (κ2) is 8.23. The van der Waals surface area contributed by atoms with Gasteiger partial charge in [0.15, 0.2) is 0 Å². The van der Waals surface area contributed by atoms with E-state index >= 15 is 0 Å². The van der Waals surface area contributed by atoms with E-state index in [0.717, 1.165) is 13.0 Å². The molecule has 106 valence electrons. The highest BCUT2D eigenvalue weighted by atomic mass is 35.5. The van der Waals surface area contributed by atoms with Crippen molar-refractivity contribution < 1.29 is 0 Å². The molecule has 1 heterocycles. The summed E-state index contributed by atoms with van der Waals surface area (Å²) in [6.07, 6.45) is 6.98. The number of H-pyrrole nitrogens is 1. The van der Waals surface area contributed by atoms with E-state index in [1.165, 1.54) is 35.7 Å². The lowest BCUT2D eigenvalue weighted by atomic mass is 10.0. The number of benzene rings is 1. The molecule has 0 aliphatic carbocycles. The molecule has 0 aliphatic rings. The van der Waals surface area contributed by atoms with E-state index in [9.17, 15) is 0 Å². The Morgan fingerprint density at radius 3 is 2.68 bits per heavy atom. The second-order valence-corrected chi connectivity index (χ2v) is 5.00. The largest absolute Gasteiger partial charge is 0.361 e. The number of fused-ring (bicyclic) bond motifs is 1. The first kappa shape index (κ1) is 16.1. The third kappa shape index (κ3) is 4.26. The quantitative estimate of drug-likeness (QED) is 0.777. The van der Waals surface area contributed by atoms with Crippen LogP contribution in [-0.4, -0.2) is 17.6 Å². The molecule has 2 aromatic rings. The van der Waals surface area contributed by atoms with Crippen molar-refractivity contribution in [1.82, 2.24) is 10.3 Å². The predicted octanol–water partition coefficient (Wildman–Crippen LogP) is 4.30. The summed E-state index contributed by atoms with van der Waals surface area (Å²) in [6, 6.07) is 9.17. The van der Waals surface area contributed by atoms with Crippen LogP contribution in [0.5, 0.6) is 0 Å². The summed E-state index contributed by atoms with van der Waals surface area (Å²) >= 11 is 0. The molecule has 0 saturated carbocycles. The van der Waals surface area contributed by atoms with Gasteiger partial charge >= 0.3 is 0 Å². The van der Waals surface area contributed by atoms with Gasteiger partial charge in [-0.05, 0) is 37.4 Å². The molecule has 0 bridgehead atoms. The highest BCUT2D eigenvalue weighted by molar-refractivity contribution is 5.85. The minimum Gasteiger partial charge on any atom is -0.361 e. The molecule has 0 amide bonds. The van der Waals surface area contributed by atoms with Crippen LogP contribution < -0.4 is 5.32 Å². The fourth-order valence-corrected chi connectivity index (χ4v) is 2.54. The van der Waals surface area contributed by atoms with Gasteiger partial charge in [-0.25, -0.2) is 0 Å². The lowest BCUT2D eigenvalue weighted by molar-refractivity contribution is 0.474. The number of hydrogen-bond donors (Lipinski definition) is 2. The Morgan fingerprint density at radius 1 is 1.16 bits per heavy atom. The molecule has 0 fully saturated rings. The maximum atomic E-state index is 3.66. The lowest BCUT2D eigenvalue weighted by Crippen LogP contribution is -2.31. The Labute approximate surface area is 122 Å². The Kier molecular flexibility index (Phi) is 6.96. The zero-order valence-corrected chi connectivity index (χ0v) is 12.7. The lowest BCUT2D eigenvalue weighted by Gasteiger charge is -2.17. The Hall–Kier alpha value is -0.990. The molecule has 1 aromatic heterocycles. The molecule has 0 saturated heterocycles. The first-order chi connectivity index (χ1) is 8.85. The van der Waals surface area contributed by atoms with Crippen LogP contribution in [0.2, 0.25) is 0 Å². The van der Waals surface area contributed by atoms with Gasteiger partial charge in [0.1, 0.15) is 0 Å². The molecule has 3 heteroatoms. The standard InChI is InChI=1S/C16H24N2.ClH/c1-3-7-14(17-10-4-2)11-13-12-18-16-9-6-5-8-15(13)16;/h5-6,8-9,12,14,17-18H,3-4,7,10-11H2,1-2H3;1H. The zero-order chi connectivity index (χ0) is 12.8. The number of aromatic nitrogens is 1. The van der Waals surface area contributed by atoms with E-state index in [2.05, 4.69) is 54.6 Å². The van der Waals surface area contributed by atoms with E-state index < -0.39 is 0 Å². The third-order valence-electron chi connectivity index (χ3n) is 3.46. The van der Waals surface area contributed by atoms with Crippen LogP contribution in [0.1, 0.15) is 38.7 Å². The van der Waals surface area contributed by atoms with E-state index in [4.69, 9.17) is 0 Å². The Bertz CT molecular complexity index is 478. The molecule has 0 spiro atoms. The van der Waals surface area contributed by atoms with Gasteiger partial charge in [-0.3, -0.25) is 0 Å². The molecule has 2 N–H and O–H groups in total. The Morgan fingerprint density at radius 2 is 1.95 bits per heavy atom. The second-order valence-electron chi connectivity index (χ2n) is 5.00. The fraction of sp³-hybridized carbons (Fsp3) is 0.500. The van der Waals surface area contributed by atoms with Crippen LogP contribution in [0.15, 0.2) is 30.5 Å². The van der Waals surface area contributed by atoms with Gasteiger partial charge in [-0.1, -0.05) is 38.5 Å². The number of para-hydroxylation sites is 1. The highest BCUT2D eigenvalue weighted by Gasteiger charge is 2.10. The Balaban J connectivity index is 0.00000180. The van der Waals surface area contributed by atoms with Crippen LogP contribution in [0, 0.1) is 0 Å². The van der Waals surface area contributed by atoms with Gasteiger partial charge in [-0.2, -0.15) is 0 Å². The smallest absolute Gasteiger partial charge is 0.0456 e. The topological polar surface area (TPSA) is 27.8 Å². The minimum absolute atomic E-state index is 0. The van der Waals surface area contributed by atoms with Crippen molar-refractivity contribution in [1.29, 1.82) is 0 Å². The molecular weight excluding hydrogens is 256 g/mol. The number of hydrogen-bond acceptors (Lipinski definition) is 1. The van der Waals surface area contributed by atoms with Gasteiger partial charge in [0.25, 0.3) is 0 Å². The van der Waals surface area contributed by atoms with Gasteiger partial charge < -0.3 is 10.3 Å². The summed E-state index contributed by atoms with van der Waals surface area (Å²) in [5.41, 5.74) is 2.69. The molecule has 0 radical (unpaired) electrons. The summed E-state index contributed by atoms with van der Waals surface area (Å²) in [5.74, 6) is 0. The summed E-state index contributed by atoms with van der Waals surface area (Å²) in [5, 5.41) is 5.03. The number of halogens is 1. The van der Waals surface area contributed by atoms with Crippen LogP contribution in [0.4, 0.5) is 0 Å². The van der Waals surface area contributed by atoms with Gasteiger partial charge in [0.2, 0.25) is 0 Å². The number of nitrogens with one attached hydrogen (secondary N) is 2. The average molecular weight is 281 g/mol.